The van der Waals surface area contributed by atoms with E-state index in [-0.39, 0.29) is 56.9 Å². The van der Waals surface area contributed by atoms with Crippen LogP contribution in [0.1, 0.15) is 4.28 Å². The van der Waals surface area contributed by atoms with E-state index < -0.39 is 10.4 Å². The molecule has 0 aromatic heterocycles. The van der Waals surface area contributed by atoms with Crippen molar-refractivity contribution in [3.8, 4) is 0 Å². The van der Waals surface area contributed by atoms with E-state index in [1.165, 1.54) is 0 Å². The van der Waals surface area contributed by atoms with Crippen molar-refractivity contribution >= 4 is 33.5 Å². The Balaban J connectivity index is -0.0000000187. The molecule has 0 aliphatic heterocycles. The second kappa shape index (κ2) is 16.5. The molecular formula is C6H15MgNaO5S. The van der Waals surface area contributed by atoms with Gasteiger partial charge in [0.25, 0.3) is 0 Å². The number of hydrogen-bond acceptors (Lipinski definition) is 3. The van der Waals surface area contributed by atoms with E-state index in [9.17, 15) is 0 Å². The molecule has 2 N–H and O–H groups in total. The Bertz CT molecular complexity index is 212. The van der Waals surface area contributed by atoms with Gasteiger partial charge in [0, 0.05) is 0 Å². The van der Waals surface area contributed by atoms with E-state index in [1.807, 2.05) is 0 Å². The third kappa shape index (κ3) is 74.0. The van der Waals surface area contributed by atoms with Gasteiger partial charge >= 0.3 is 63.0 Å². The summed E-state index contributed by atoms with van der Waals surface area (Å²) in [5.74, 6) is 0. The maximum atomic E-state index is 8.74. The fourth-order valence-electron chi connectivity index (χ4n) is 0.235. The van der Waals surface area contributed by atoms with Crippen LogP contribution in [0.25, 0.3) is 0 Å². The predicted molar refractivity (Wildman–Crippen MR) is 54.5 cm³/mol. The van der Waals surface area contributed by atoms with Crippen LogP contribution in [0.15, 0.2) is 25.3 Å². The van der Waals surface area contributed by atoms with Gasteiger partial charge in [-0.25, -0.2) is 0 Å². The first kappa shape index (κ1) is 24.3. The van der Waals surface area contributed by atoms with Crippen LogP contribution in [0, 0.1) is 0 Å². The SMILES string of the molecule is C=CCOCC=C.O=S(=O)(O)O.[H-].[H-].[H-].[Mg+2].[Na+]. The summed E-state index contributed by atoms with van der Waals surface area (Å²) in [6.07, 6.45) is 3.42. The normalized spacial score (nSPS) is 8.14. The van der Waals surface area contributed by atoms with Crippen LogP contribution < -0.4 is 29.6 Å². The summed E-state index contributed by atoms with van der Waals surface area (Å²) in [6, 6.07) is 0. The van der Waals surface area contributed by atoms with Crippen LogP contribution >= 0.6 is 0 Å². The predicted octanol–water partition coefficient (Wildman–Crippen LogP) is -2.32. The van der Waals surface area contributed by atoms with Gasteiger partial charge in [-0.2, -0.15) is 8.42 Å². The second-order valence-corrected chi connectivity index (χ2v) is 2.46. The van der Waals surface area contributed by atoms with Crippen LogP contribution in [0.5, 0.6) is 0 Å². The molecule has 0 heterocycles. The van der Waals surface area contributed by atoms with E-state index >= 15 is 0 Å². The quantitative estimate of drug-likeness (QED) is 0.252. The summed E-state index contributed by atoms with van der Waals surface area (Å²) in [7, 11) is -4.67. The van der Waals surface area contributed by atoms with Crippen molar-refractivity contribution in [3.63, 3.8) is 0 Å². The molecule has 0 spiro atoms. The zero-order chi connectivity index (χ0) is 10.0. The molecule has 8 heteroatoms. The molecule has 0 amide bonds. The molecule has 0 rings (SSSR count). The van der Waals surface area contributed by atoms with Crippen molar-refractivity contribution in [1.29, 1.82) is 0 Å². The first-order valence-electron chi connectivity index (χ1n) is 2.91. The first-order valence-corrected chi connectivity index (χ1v) is 4.31. The first-order chi connectivity index (χ1) is 5.41. The Labute approximate surface area is 127 Å². The summed E-state index contributed by atoms with van der Waals surface area (Å²) in [5.41, 5.74) is 0. The number of rotatable bonds is 4. The Morgan fingerprint density at radius 1 is 1.21 bits per heavy atom. The Hall–Kier alpha value is 1.08. The maximum absolute atomic E-state index is 8.74. The van der Waals surface area contributed by atoms with Crippen molar-refractivity contribution in [2.24, 2.45) is 0 Å². The van der Waals surface area contributed by atoms with Gasteiger partial charge in [0.1, 0.15) is 0 Å². The molecule has 0 radical (unpaired) electrons. The fourth-order valence-corrected chi connectivity index (χ4v) is 0.235. The molecular weight excluding hydrogens is 231 g/mol. The van der Waals surface area contributed by atoms with E-state index in [4.69, 9.17) is 22.3 Å². The largest absolute Gasteiger partial charge is 2.00 e. The summed E-state index contributed by atoms with van der Waals surface area (Å²) < 4.78 is 36.5. The fraction of sp³-hybridized carbons (Fsp3) is 0.333. The van der Waals surface area contributed by atoms with Gasteiger partial charge in [0.2, 0.25) is 0 Å². The molecule has 14 heavy (non-hydrogen) atoms. The van der Waals surface area contributed by atoms with Crippen LogP contribution in [-0.2, 0) is 15.1 Å². The average molecular weight is 247 g/mol. The van der Waals surface area contributed by atoms with Crippen LogP contribution in [0.3, 0.4) is 0 Å². The molecule has 0 aromatic rings. The number of hydrogen-bond donors (Lipinski definition) is 2. The van der Waals surface area contributed by atoms with E-state index in [2.05, 4.69) is 13.2 Å². The Morgan fingerprint density at radius 3 is 1.57 bits per heavy atom. The third-order valence-corrected chi connectivity index (χ3v) is 0.471. The molecule has 0 saturated heterocycles. The summed E-state index contributed by atoms with van der Waals surface area (Å²) in [6.45, 7) is 8.18. The second-order valence-electron chi connectivity index (χ2n) is 1.56. The standard InChI is InChI=1S/C6H10O.Mg.Na.H2O4S.3H/c1-3-5-7-6-4-2;;;1-5(2,3)4;;;/h3-4H,1-2,5-6H2;;;(H2,1,2,3,4);;;/q;+2;+1;;3*-1. The molecule has 78 valence electrons. The van der Waals surface area contributed by atoms with Crippen LogP contribution in [0.2, 0.25) is 0 Å². The van der Waals surface area contributed by atoms with Crippen molar-refractivity contribution in [1.82, 2.24) is 0 Å². The zero-order valence-electron chi connectivity index (χ0n) is 11.2. The van der Waals surface area contributed by atoms with E-state index in [0.717, 1.165) is 0 Å². The number of ether oxygens (including phenoxy) is 1. The Kier molecular flexibility index (Phi) is 28.7. The van der Waals surface area contributed by atoms with Crippen LogP contribution in [-0.4, -0.2) is 53.8 Å². The van der Waals surface area contributed by atoms with Crippen LogP contribution in [0.4, 0.5) is 0 Å². The molecule has 0 aromatic carbocycles. The van der Waals surface area contributed by atoms with Gasteiger partial charge in [0.05, 0.1) is 13.2 Å². The summed E-state index contributed by atoms with van der Waals surface area (Å²) in [5, 5.41) is 0. The smallest absolute Gasteiger partial charge is 1.00 e. The van der Waals surface area contributed by atoms with Crippen molar-refractivity contribution in [2.75, 3.05) is 13.2 Å². The van der Waals surface area contributed by atoms with Gasteiger partial charge in [-0.15, -0.1) is 13.2 Å². The minimum absolute atomic E-state index is 0. The van der Waals surface area contributed by atoms with E-state index in [0.29, 0.717) is 13.2 Å². The molecule has 0 bridgehead atoms. The van der Waals surface area contributed by atoms with Crippen molar-refractivity contribution in [3.05, 3.63) is 25.3 Å². The van der Waals surface area contributed by atoms with E-state index in [1.54, 1.807) is 12.2 Å². The van der Waals surface area contributed by atoms with Gasteiger partial charge in [0.15, 0.2) is 0 Å². The van der Waals surface area contributed by atoms with Gasteiger partial charge < -0.3 is 9.02 Å². The third-order valence-electron chi connectivity index (χ3n) is 0.471. The maximum Gasteiger partial charge on any atom is 2.00 e. The molecule has 0 fully saturated rings. The van der Waals surface area contributed by atoms with Gasteiger partial charge in [-0.1, -0.05) is 12.2 Å². The minimum atomic E-state index is -4.67. The van der Waals surface area contributed by atoms with Crippen molar-refractivity contribution < 1.29 is 56.1 Å². The van der Waals surface area contributed by atoms with Gasteiger partial charge in [-0.05, 0) is 0 Å². The molecule has 5 nitrogen and oxygen atoms in total. The summed E-state index contributed by atoms with van der Waals surface area (Å²) >= 11 is 0. The summed E-state index contributed by atoms with van der Waals surface area (Å²) in [4.78, 5) is 0. The zero-order valence-corrected chi connectivity index (χ0v) is 12.4. The monoisotopic (exact) mass is 246 g/mol. The molecule has 0 aliphatic carbocycles. The topological polar surface area (TPSA) is 83.8 Å². The van der Waals surface area contributed by atoms with Crippen molar-refractivity contribution in [2.45, 2.75) is 0 Å². The molecule has 0 aliphatic rings. The molecule has 0 unspecified atom stereocenters. The minimum Gasteiger partial charge on any atom is -1.00 e. The molecule has 0 atom stereocenters. The average Bonchev–Trinajstić information content (AvgIpc) is 1.85. The van der Waals surface area contributed by atoms with Gasteiger partial charge in [-0.3, -0.25) is 9.11 Å². The Morgan fingerprint density at radius 2 is 1.43 bits per heavy atom. The molecule has 0 saturated carbocycles.